The zero-order valence-electron chi connectivity index (χ0n) is 42.6. The number of unbranched alkanes of at least 4 members (excludes halogenated alkanes) is 31. The predicted molar refractivity (Wildman–Crippen MR) is 275 cm³/mol. The summed E-state index contributed by atoms with van der Waals surface area (Å²) in [6.07, 6.45) is 63.8. The lowest BCUT2D eigenvalue weighted by molar-refractivity contribution is -0.167. The van der Waals surface area contributed by atoms with Gasteiger partial charge in [-0.15, -0.1) is 0 Å². The smallest absolute Gasteiger partial charge is 0.306 e. The molecule has 1 atom stereocenters. The Morgan fingerprint density at radius 1 is 0.328 bits per heavy atom. The van der Waals surface area contributed by atoms with Crippen molar-refractivity contribution < 1.29 is 28.6 Å². The molecule has 6 heteroatoms. The molecule has 0 aromatic heterocycles. The average Bonchev–Trinajstić information content (AvgIpc) is 3.29. The Kier molecular flexibility index (Phi) is 50.8. The molecule has 0 unspecified atom stereocenters. The lowest BCUT2D eigenvalue weighted by Gasteiger charge is -2.18. The molecule has 0 heterocycles. The number of allylic oxidation sites excluding steroid dienone is 8. The van der Waals surface area contributed by atoms with Crippen molar-refractivity contribution in [3.8, 4) is 0 Å². The Labute approximate surface area is 397 Å². The van der Waals surface area contributed by atoms with Crippen LogP contribution >= 0.6 is 0 Å². The maximum atomic E-state index is 12.8. The minimum atomic E-state index is -0.781. The number of hydrogen-bond acceptors (Lipinski definition) is 6. The van der Waals surface area contributed by atoms with E-state index in [0.717, 1.165) is 96.3 Å². The summed E-state index contributed by atoms with van der Waals surface area (Å²) < 4.78 is 16.8. The maximum absolute atomic E-state index is 12.8. The van der Waals surface area contributed by atoms with E-state index in [1.165, 1.54) is 148 Å². The monoisotopic (exact) mass is 897 g/mol. The summed E-state index contributed by atoms with van der Waals surface area (Å²) in [5, 5.41) is 0. The SMILES string of the molecule is CC/C=C\C/C=C\C/C=C\CCCCCCCC(=O)O[C@@H](COC(=O)CCCCCCCCC/C=C\CCCCCCCC)COC(=O)CCCCCCCCCCCCCCCC. The molecule has 0 aromatic rings. The number of hydrogen-bond donors (Lipinski definition) is 0. The molecule has 0 aliphatic heterocycles. The number of carbonyl (C=O) groups excluding carboxylic acids is 3. The van der Waals surface area contributed by atoms with Gasteiger partial charge in [0.2, 0.25) is 0 Å². The van der Waals surface area contributed by atoms with E-state index in [1.807, 2.05) is 0 Å². The number of rotatable bonds is 50. The second-order valence-corrected chi connectivity index (χ2v) is 18.5. The molecule has 0 saturated carbocycles. The van der Waals surface area contributed by atoms with Gasteiger partial charge in [-0.05, 0) is 77.0 Å². The molecule has 0 fully saturated rings. The highest BCUT2D eigenvalue weighted by atomic mass is 16.6. The van der Waals surface area contributed by atoms with E-state index < -0.39 is 6.10 Å². The molecular formula is C58H104O6. The van der Waals surface area contributed by atoms with Gasteiger partial charge >= 0.3 is 17.9 Å². The van der Waals surface area contributed by atoms with Gasteiger partial charge in [-0.3, -0.25) is 14.4 Å². The van der Waals surface area contributed by atoms with E-state index in [-0.39, 0.29) is 31.1 Å². The first-order valence-corrected chi connectivity index (χ1v) is 27.6. The molecular weight excluding hydrogens is 793 g/mol. The Balaban J connectivity index is 4.38. The minimum absolute atomic E-state index is 0.0788. The fraction of sp³-hybridized carbons (Fsp3) is 0.810. The Hall–Kier alpha value is -2.63. The van der Waals surface area contributed by atoms with Crippen LogP contribution in [-0.4, -0.2) is 37.2 Å². The van der Waals surface area contributed by atoms with E-state index in [1.54, 1.807) is 0 Å². The number of carbonyl (C=O) groups is 3. The molecule has 0 rings (SSSR count). The molecule has 372 valence electrons. The zero-order chi connectivity index (χ0) is 46.5. The van der Waals surface area contributed by atoms with Crippen LogP contribution in [0.2, 0.25) is 0 Å². The van der Waals surface area contributed by atoms with E-state index in [0.29, 0.717) is 19.3 Å². The molecule has 0 N–H and O–H groups in total. The van der Waals surface area contributed by atoms with Gasteiger partial charge in [-0.1, -0.05) is 236 Å². The third-order valence-corrected chi connectivity index (χ3v) is 12.1. The summed E-state index contributed by atoms with van der Waals surface area (Å²) >= 11 is 0. The van der Waals surface area contributed by atoms with Crippen molar-refractivity contribution in [3.05, 3.63) is 48.6 Å². The average molecular weight is 897 g/mol. The van der Waals surface area contributed by atoms with Crippen molar-refractivity contribution in [1.82, 2.24) is 0 Å². The minimum Gasteiger partial charge on any atom is -0.462 e. The first-order valence-electron chi connectivity index (χ1n) is 27.6. The van der Waals surface area contributed by atoms with E-state index in [2.05, 4.69) is 69.4 Å². The van der Waals surface area contributed by atoms with Crippen LogP contribution in [0.4, 0.5) is 0 Å². The van der Waals surface area contributed by atoms with Gasteiger partial charge in [0, 0.05) is 19.3 Å². The van der Waals surface area contributed by atoms with Crippen LogP contribution in [0, 0.1) is 0 Å². The Bertz CT molecular complexity index is 1120. The van der Waals surface area contributed by atoms with Crippen LogP contribution in [0.15, 0.2) is 48.6 Å². The first kappa shape index (κ1) is 61.4. The second-order valence-electron chi connectivity index (χ2n) is 18.5. The molecule has 0 bridgehead atoms. The third-order valence-electron chi connectivity index (χ3n) is 12.1. The topological polar surface area (TPSA) is 78.9 Å². The van der Waals surface area contributed by atoms with Crippen molar-refractivity contribution in [3.63, 3.8) is 0 Å². The first-order chi connectivity index (χ1) is 31.5. The lowest BCUT2D eigenvalue weighted by Crippen LogP contribution is -2.30. The molecule has 0 aliphatic rings. The maximum Gasteiger partial charge on any atom is 0.306 e. The molecule has 0 spiro atoms. The van der Waals surface area contributed by atoms with E-state index in [9.17, 15) is 14.4 Å². The number of esters is 3. The fourth-order valence-electron chi connectivity index (χ4n) is 7.92. The van der Waals surface area contributed by atoms with Gasteiger partial charge < -0.3 is 14.2 Å². The summed E-state index contributed by atoms with van der Waals surface area (Å²) in [4.78, 5) is 38.1. The Morgan fingerprint density at radius 2 is 0.609 bits per heavy atom. The van der Waals surface area contributed by atoms with Crippen LogP contribution in [0.3, 0.4) is 0 Å². The van der Waals surface area contributed by atoms with E-state index >= 15 is 0 Å². The number of ether oxygens (including phenoxy) is 3. The molecule has 64 heavy (non-hydrogen) atoms. The van der Waals surface area contributed by atoms with Crippen molar-refractivity contribution in [2.75, 3.05) is 13.2 Å². The standard InChI is InChI=1S/C58H104O6/c1-4-7-10-13-16-19-22-25-28-29-31-33-36-39-42-45-48-51-57(60)63-54-55(53-62-56(59)50-47-44-41-38-35-32-27-24-21-18-15-12-9-6-3)64-58(61)52-49-46-43-40-37-34-30-26-23-20-17-14-11-8-5-2/h8,11,17,20,25-26,28,30,55H,4-7,9-10,12-16,18-19,21-24,27,29,31-54H2,1-3H3/b11-8-,20-17-,28-25-,30-26-/t55-/m1/s1. The summed E-state index contributed by atoms with van der Waals surface area (Å²) in [5.41, 5.74) is 0. The van der Waals surface area contributed by atoms with Gasteiger partial charge in [-0.2, -0.15) is 0 Å². The molecule has 6 nitrogen and oxygen atoms in total. The Morgan fingerprint density at radius 3 is 0.969 bits per heavy atom. The summed E-state index contributed by atoms with van der Waals surface area (Å²) in [6, 6.07) is 0. The summed E-state index contributed by atoms with van der Waals surface area (Å²) in [6.45, 7) is 6.53. The fourth-order valence-corrected chi connectivity index (χ4v) is 7.92. The van der Waals surface area contributed by atoms with Crippen molar-refractivity contribution in [2.24, 2.45) is 0 Å². The lowest BCUT2D eigenvalue weighted by atomic mass is 10.0. The van der Waals surface area contributed by atoms with Crippen LogP contribution in [0.1, 0.15) is 284 Å². The second kappa shape index (κ2) is 53.0. The molecule has 0 saturated heterocycles. The quantitative estimate of drug-likeness (QED) is 0.0262. The predicted octanol–water partition coefficient (Wildman–Crippen LogP) is 18.3. The molecule has 0 aromatic carbocycles. The van der Waals surface area contributed by atoms with Crippen molar-refractivity contribution in [2.45, 2.75) is 290 Å². The highest BCUT2D eigenvalue weighted by molar-refractivity contribution is 5.71. The van der Waals surface area contributed by atoms with Crippen molar-refractivity contribution in [1.29, 1.82) is 0 Å². The summed E-state index contributed by atoms with van der Waals surface area (Å²) in [5.74, 6) is -0.888. The van der Waals surface area contributed by atoms with Crippen molar-refractivity contribution >= 4 is 17.9 Å². The van der Waals surface area contributed by atoms with Gasteiger partial charge in [-0.25, -0.2) is 0 Å². The molecule has 0 amide bonds. The zero-order valence-corrected chi connectivity index (χ0v) is 42.6. The van der Waals surface area contributed by atoms with Gasteiger partial charge in [0.1, 0.15) is 13.2 Å². The largest absolute Gasteiger partial charge is 0.462 e. The van der Waals surface area contributed by atoms with Gasteiger partial charge in [0.25, 0.3) is 0 Å². The normalized spacial score (nSPS) is 12.4. The van der Waals surface area contributed by atoms with Crippen LogP contribution < -0.4 is 0 Å². The third kappa shape index (κ3) is 50.4. The van der Waals surface area contributed by atoms with Gasteiger partial charge in [0.05, 0.1) is 0 Å². The summed E-state index contributed by atoms with van der Waals surface area (Å²) in [7, 11) is 0. The molecule has 0 radical (unpaired) electrons. The van der Waals surface area contributed by atoms with Crippen LogP contribution in [0.5, 0.6) is 0 Å². The highest BCUT2D eigenvalue weighted by Gasteiger charge is 2.19. The highest BCUT2D eigenvalue weighted by Crippen LogP contribution is 2.16. The van der Waals surface area contributed by atoms with Crippen LogP contribution in [0.25, 0.3) is 0 Å². The van der Waals surface area contributed by atoms with Gasteiger partial charge in [0.15, 0.2) is 6.10 Å². The van der Waals surface area contributed by atoms with E-state index in [4.69, 9.17) is 14.2 Å². The van der Waals surface area contributed by atoms with Crippen LogP contribution in [-0.2, 0) is 28.6 Å². The molecule has 0 aliphatic carbocycles.